The lowest BCUT2D eigenvalue weighted by molar-refractivity contribution is -0.113. The first-order chi connectivity index (χ1) is 17.3. The van der Waals surface area contributed by atoms with Crippen LogP contribution in [-0.4, -0.2) is 51.6 Å². The van der Waals surface area contributed by atoms with Crippen LogP contribution in [0.1, 0.15) is 39.4 Å². The number of nitrogens with one attached hydrogen (secondary N) is 1. The molecule has 1 amide bonds. The van der Waals surface area contributed by atoms with Gasteiger partial charge in [0.1, 0.15) is 15.7 Å². The van der Waals surface area contributed by atoms with E-state index < -0.39 is 17.8 Å². The highest BCUT2D eigenvalue weighted by Gasteiger charge is 2.27. The average Bonchev–Trinajstić information content (AvgIpc) is 3.39. The predicted octanol–water partition coefficient (Wildman–Crippen LogP) is 4.72. The van der Waals surface area contributed by atoms with Gasteiger partial charge in [0.05, 0.1) is 24.5 Å². The Morgan fingerprint density at radius 1 is 1.14 bits per heavy atom. The molecule has 0 saturated heterocycles. The van der Waals surface area contributed by atoms with Gasteiger partial charge < -0.3 is 14.8 Å². The highest BCUT2D eigenvalue weighted by molar-refractivity contribution is 7.99. The number of thiophene rings is 1. The number of anilines is 1. The maximum atomic E-state index is 13.3. The summed E-state index contributed by atoms with van der Waals surface area (Å²) >= 11 is 2.09. The number of hydrogen-bond donors (Lipinski definition) is 1. The average molecular weight is 533 g/mol. The lowest BCUT2D eigenvalue weighted by Gasteiger charge is -2.09. The fourth-order valence-electron chi connectivity index (χ4n) is 3.24. The molecule has 3 rings (SSSR count). The van der Waals surface area contributed by atoms with Crippen LogP contribution in [0.2, 0.25) is 0 Å². The van der Waals surface area contributed by atoms with Crippen LogP contribution in [0.4, 0.5) is 9.39 Å². The normalized spacial score (nSPS) is 10.7. The molecule has 12 heteroatoms. The molecule has 0 radical (unpaired) electrons. The zero-order valence-electron chi connectivity index (χ0n) is 20.0. The minimum absolute atomic E-state index is 0.0490. The number of allylic oxidation sites excluding steroid dienone is 1. The van der Waals surface area contributed by atoms with Gasteiger partial charge in [-0.1, -0.05) is 17.8 Å². The molecular formula is C24H25FN4O5S2. The van der Waals surface area contributed by atoms with Gasteiger partial charge in [-0.3, -0.25) is 9.36 Å². The number of benzene rings is 1. The molecule has 0 aliphatic carbocycles. The number of nitrogens with zero attached hydrogens (tertiary/aromatic N) is 3. The number of carbonyl (C=O) groups excluding carboxylic acids is 3. The van der Waals surface area contributed by atoms with Gasteiger partial charge in [0.25, 0.3) is 0 Å². The van der Waals surface area contributed by atoms with Crippen LogP contribution in [0.25, 0.3) is 11.4 Å². The molecule has 0 atom stereocenters. The Balaban J connectivity index is 1.80. The molecule has 0 spiro atoms. The molecule has 1 aromatic carbocycles. The van der Waals surface area contributed by atoms with Crippen molar-refractivity contribution in [1.29, 1.82) is 0 Å². The van der Waals surface area contributed by atoms with Crippen molar-refractivity contribution in [3.8, 4) is 11.4 Å². The Labute approximate surface area is 215 Å². The number of rotatable bonds is 11. The predicted molar refractivity (Wildman–Crippen MR) is 136 cm³/mol. The van der Waals surface area contributed by atoms with Gasteiger partial charge in [-0.2, -0.15) is 0 Å². The molecule has 190 valence electrons. The van der Waals surface area contributed by atoms with E-state index in [2.05, 4.69) is 22.1 Å². The number of amides is 1. The van der Waals surface area contributed by atoms with E-state index in [1.54, 1.807) is 43.5 Å². The molecule has 0 aliphatic heterocycles. The summed E-state index contributed by atoms with van der Waals surface area (Å²) in [4.78, 5) is 37.9. The second-order valence-corrected chi connectivity index (χ2v) is 9.21. The maximum absolute atomic E-state index is 13.3. The standard InChI is InChI=1S/C24H25FN4O5S2/c1-5-12-29-20(15-8-10-16(25)11-9-15)27-28-24(29)35-13-17(30)26-21-18(22(31)33-6-2)14(4)19(36-21)23(32)34-7-3/h5,8-11H,1,6-7,12-13H2,2-4H3,(H,26,30). The van der Waals surface area contributed by atoms with Gasteiger partial charge >= 0.3 is 11.9 Å². The molecule has 0 unspecified atom stereocenters. The Morgan fingerprint density at radius 2 is 1.81 bits per heavy atom. The van der Waals surface area contributed by atoms with Gasteiger partial charge in [-0.15, -0.1) is 28.1 Å². The zero-order chi connectivity index (χ0) is 26.2. The van der Waals surface area contributed by atoms with Crippen LogP contribution in [0.3, 0.4) is 0 Å². The van der Waals surface area contributed by atoms with E-state index in [-0.39, 0.29) is 40.2 Å². The second-order valence-electron chi connectivity index (χ2n) is 7.25. The summed E-state index contributed by atoms with van der Waals surface area (Å²) in [5.41, 5.74) is 1.17. The first-order valence-corrected chi connectivity index (χ1v) is 12.8. The monoisotopic (exact) mass is 532 g/mol. The van der Waals surface area contributed by atoms with Crippen LogP contribution in [0, 0.1) is 12.7 Å². The largest absolute Gasteiger partial charge is 0.462 e. The first kappa shape index (κ1) is 27.1. The molecule has 3 aromatic rings. The zero-order valence-corrected chi connectivity index (χ0v) is 21.6. The highest BCUT2D eigenvalue weighted by Crippen LogP contribution is 2.34. The summed E-state index contributed by atoms with van der Waals surface area (Å²) in [6.45, 7) is 9.40. The minimum atomic E-state index is -0.639. The third-order valence-electron chi connectivity index (χ3n) is 4.80. The van der Waals surface area contributed by atoms with Gasteiger partial charge in [0, 0.05) is 12.1 Å². The van der Waals surface area contributed by atoms with Crippen LogP contribution in [0.5, 0.6) is 0 Å². The third-order valence-corrected chi connectivity index (χ3v) is 6.96. The number of hydrogen-bond acceptors (Lipinski definition) is 9. The lowest BCUT2D eigenvalue weighted by Crippen LogP contribution is -2.17. The molecule has 2 aromatic heterocycles. The highest BCUT2D eigenvalue weighted by atomic mass is 32.2. The molecule has 0 saturated carbocycles. The Bertz CT molecular complexity index is 1270. The van der Waals surface area contributed by atoms with Crippen LogP contribution >= 0.6 is 23.1 Å². The molecule has 0 fully saturated rings. The number of halogens is 1. The van der Waals surface area contributed by atoms with Crippen molar-refractivity contribution in [2.75, 3.05) is 24.3 Å². The molecule has 2 heterocycles. The van der Waals surface area contributed by atoms with Crippen molar-refractivity contribution in [3.05, 3.63) is 58.7 Å². The molecule has 36 heavy (non-hydrogen) atoms. The van der Waals surface area contributed by atoms with Crippen molar-refractivity contribution in [3.63, 3.8) is 0 Å². The topological polar surface area (TPSA) is 112 Å². The summed E-state index contributed by atoms with van der Waals surface area (Å²) < 4.78 is 25.3. The van der Waals surface area contributed by atoms with Crippen molar-refractivity contribution < 1.29 is 28.2 Å². The summed E-state index contributed by atoms with van der Waals surface area (Å²) in [7, 11) is 0. The van der Waals surface area contributed by atoms with Gasteiger partial charge in [0.15, 0.2) is 11.0 Å². The molecular weight excluding hydrogens is 507 g/mol. The number of aromatic nitrogens is 3. The van der Waals surface area contributed by atoms with E-state index in [4.69, 9.17) is 9.47 Å². The SMILES string of the molecule is C=CCn1c(SCC(=O)Nc2sc(C(=O)OCC)c(C)c2C(=O)OCC)nnc1-c1ccc(F)cc1. The number of esters is 2. The Morgan fingerprint density at radius 3 is 2.44 bits per heavy atom. The number of carbonyl (C=O) groups is 3. The van der Waals surface area contributed by atoms with Crippen molar-refractivity contribution in [1.82, 2.24) is 14.8 Å². The quantitative estimate of drug-likeness (QED) is 0.214. The minimum Gasteiger partial charge on any atom is -0.462 e. The van der Waals surface area contributed by atoms with E-state index in [1.165, 1.54) is 12.1 Å². The molecule has 0 aliphatic rings. The van der Waals surface area contributed by atoms with Crippen molar-refractivity contribution in [2.45, 2.75) is 32.5 Å². The summed E-state index contributed by atoms with van der Waals surface area (Å²) in [6.07, 6.45) is 1.66. The van der Waals surface area contributed by atoms with Crippen LogP contribution in [0.15, 0.2) is 42.1 Å². The fourth-order valence-corrected chi connectivity index (χ4v) is 5.09. The first-order valence-electron chi connectivity index (χ1n) is 11.0. The van der Waals surface area contributed by atoms with E-state index in [1.807, 2.05) is 0 Å². The van der Waals surface area contributed by atoms with E-state index in [9.17, 15) is 18.8 Å². The summed E-state index contributed by atoms with van der Waals surface area (Å²) in [5.74, 6) is -1.54. The number of ether oxygens (including phenoxy) is 2. The van der Waals surface area contributed by atoms with Gasteiger partial charge in [-0.05, 0) is 50.6 Å². The Hall–Kier alpha value is -3.51. The fraction of sp³-hybridized carbons (Fsp3) is 0.292. The number of thioether (sulfide) groups is 1. The van der Waals surface area contributed by atoms with Crippen LogP contribution in [-0.2, 0) is 20.8 Å². The Kier molecular flexibility index (Phi) is 9.37. The lowest BCUT2D eigenvalue weighted by atomic mass is 10.1. The molecule has 1 N–H and O–H groups in total. The molecule has 9 nitrogen and oxygen atoms in total. The molecule has 0 bridgehead atoms. The van der Waals surface area contributed by atoms with Gasteiger partial charge in [0.2, 0.25) is 5.91 Å². The van der Waals surface area contributed by atoms with E-state index in [0.29, 0.717) is 28.7 Å². The van der Waals surface area contributed by atoms with E-state index in [0.717, 1.165) is 23.1 Å². The maximum Gasteiger partial charge on any atom is 0.348 e. The summed E-state index contributed by atoms with van der Waals surface area (Å²) in [6, 6.07) is 5.85. The van der Waals surface area contributed by atoms with Crippen LogP contribution < -0.4 is 5.32 Å². The smallest absolute Gasteiger partial charge is 0.348 e. The third kappa shape index (κ3) is 6.18. The second kappa shape index (κ2) is 12.5. The van der Waals surface area contributed by atoms with Crippen molar-refractivity contribution in [2.24, 2.45) is 0 Å². The van der Waals surface area contributed by atoms with Gasteiger partial charge in [-0.25, -0.2) is 14.0 Å². The van der Waals surface area contributed by atoms with Crippen molar-refractivity contribution >= 4 is 45.9 Å². The summed E-state index contributed by atoms with van der Waals surface area (Å²) in [5, 5.41) is 11.7. The van der Waals surface area contributed by atoms with E-state index >= 15 is 0 Å².